The predicted octanol–water partition coefficient (Wildman–Crippen LogP) is 2.81. The van der Waals surface area contributed by atoms with E-state index in [0.717, 1.165) is 5.39 Å². The molecule has 0 fully saturated rings. The third-order valence-electron chi connectivity index (χ3n) is 2.94. The first kappa shape index (κ1) is 17.4. The number of aromatic amines is 1. The second-order valence-corrected chi connectivity index (χ2v) is 5.85. The van der Waals surface area contributed by atoms with Crippen LogP contribution in [-0.4, -0.2) is 41.7 Å². The number of nitrogens with zero attached hydrogens (tertiary/aromatic N) is 1. The number of aromatic nitrogens is 1. The SMILES string of the molecule is CCOC(=O)c1[nH]c2cc(Cl)ccc2c1/C=N/NC(=O)CSC. The minimum Gasteiger partial charge on any atom is -0.461 e. The first-order chi connectivity index (χ1) is 11.1. The number of fused-ring (bicyclic) bond motifs is 1. The minimum absolute atomic E-state index is 0.214. The van der Waals surface area contributed by atoms with Crippen molar-refractivity contribution >= 4 is 52.4 Å². The van der Waals surface area contributed by atoms with E-state index in [1.807, 2.05) is 6.26 Å². The van der Waals surface area contributed by atoms with Crippen LogP contribution in [0.2, 0.25) is 5.02 Å². The van der Waals surface area contributed by atoms with Crippen LogP contribution in [0.15, 0.2) is 23.3 Å². The number of benzene rings is 1. The molecule has 1 aromatic carbocycles. The zero-order chi connectivity index (χ0) is 16.8. The third-order valence-corrected chi connectivity index (χ3v) is 3.72. The van der Waals surface area contributed by atoms with Gasteiger partial charge in [0.2, 0.25) is 5.91 Å². The zero-order valence-corrected chi connectivity index (χ0v) is 14.3. The van der Waals surface area contributed by atoms with E-state index in [-0.39, 0.29) is 18.2 Å². The summed E-state index contributed by atoms with van der Waals surface area (Å²) in [5.41, 5.74) is 3.92. The second kappa shape index (κ2) is 8.03. The van der Waals surface area contributed by atoms with Crippen LogP contribution in [0.5, 0.6) is 0 Å². The summed E-state index contributed by atoms with van der Waals surface area (Å²) < 4.78 is 5.04. The first-order valence-corrected chi connectivity index (χ1v) is 8.63. The molecule has 8 heteroatoms. The van der Waals surface area contributed by atoms with Crippen molar-refractivity contribution in [3.63, 3.8) is 0 Å². The van der Waals surface area contributed by atoms with Crippen LogP contribution in [0.3, 0.4) is 0 Å². The van der Waals surface area contributed by atoms with Gasteiger partial charge in [-0.1, -0.05) is 17.7 Å². The number of amides is 1. The minimum atomic E-state index is -0.489. The van der Waals surface area contributed by atoms with Crippen LogP contribution in [0.25, 0.3) is 10.9 Å². The molecule has 0 spiro atoms. The molecule has 0 aliphatic rings. The molecule has 2 rings (SSSR count). The molecule has 122 valence electrons. The van der Waals surface area contributed by atoms with Gasteiger partial charge in [-0.05, 0) is 25.3 Å². The standard InChI is InChI=1S/C15H16ClN3O3S/c1-3-22-15(21)14-11(7-17-19-13(20)8-23-2)10-5-4-9(16)6-12(10)18-14/h4-7,18H,3,8H2,1-2H3,(H,19,20)/b17-7+. The highest BCUT2D eigenvalue weighted by atomic mass is 35.5. The monoisotopic (exact) mass is 353 g/mol. The van der Waals surface area contributed by atoms with Crippen molar-refractivity contribution in [3.8, 4) is 0 Å². The highest BCUT2D eigenvalue weighted by Crippen LogP contribution is 2.24. The van der Waals surface area contributed by atoms with Crippen molar-refractivity contribution in [3.05, 3.63) is 34.5 Å². The van der Waals surface area contributed by atoms with Crippen LogP contribution >= 0.6 is 23.4 Å². The molecule has 0 saturated heterocycles. The fourth-order valence-electron chi connectivity index (χ4n) is 2.02. The number of nitrogens with one attached hydrogen (secondary N) is 2. The molecular weight excluding hydrogens is 338 g/mol. The Morgan fingerprint density at radius 3 is 2.96 bits per heavy atom. The van der Waals surface area contributed by atoms with Gasteiger partial charge in [-0.15, -0.1) is 0 Å². The molecule has 0 radical (unpaired) electrons. The summed E-state index contributed by atoms with van der Waals surface area (Å²) in [6.07, 6.45) is 3.25. The lowest BCUT2D eigenvalue weighted by atomic mass is 10.1. The Kier molecular flexibility index (Phi) is 6.06. The van der Waals surface area contributed by atoms with Gasteiger partial charge in [0.1, 0.15) is 5.69 Å². The maximum absolute atomic E-state index is 12.1. The average molecular weight is 354 g/mol. The summed E-state index contributed by atoms with van der Waals surface area (Å²) in [5.74, 6) is -0.392. The molecule has 2 aromatic rings. The highest BCUT2D eigenvalue weighted by molar-refractivity contribution is 7.99. The number of carbonyl (C=O) groups excluding carboxylic acids is 2. The van der Waals surface area contributed by atoms with Crippen LogP contribution in [0.4, 0.5) is 0 Å². The van der Waals surface area contributed by atoms with Crippen molar-refractivity contribution in [2.75, 3.05) is 18.6 Å². The number of ether oxygens (including phenoxy) is 1. The van der Waals surface area contributed by atoms with E-state index in [9.17, 15) is 9.59 Å². The van der Waals surface area contributed by atoms with E-state index in [1.54, 1.807) is 25.1 Å². The summed E-state index contributed by atoms with van der Waals surface area (Å²) in [7, 11) is 0. The third kappa shape index (κ3) is 4.27. The predicted molar refractivity (Wildman–Crippen MR) is 93.4 cm³/mol. The van der Waals surface area contributed by atoms with Gasteiger partial charge in [-0.25, -0.2) is 10.2 Å². The van der Waals surface area contributed by atoms with E-state index in [0.29, 0.717) is 21.9 Å². The largest absolute Gasteiger partial charge is 0.461 e. The molecule has 0 aliphatic carbocycles. The zero-order valence-electron chi connectivity index (χ0n) is 12.7. The van der Waals surface area contributed by atoms with E-state index >= 15 is 0 Å². The Morgan fingerprint density at radius 2 is 2.26 bits per heavy atom. The molecule has 1 heterocycles. The van der Waals surface area contributed by atoms with E-state index in [4.69, 9.17) is 16.3 Å². The summed E-state index contributed by atoms with van der Waals surface area (Å²) in [6, 6.07) is 5.21. The van der Waals surface area contributed by atoms with Crippen molar-refractivity contribution in [1.29, 1.82) is 0 Å². The Balaban J connectivity index is 2.38. The van der Waals surface area contributed by atoms with Gasteiger partial charge in [0.25, 0.3) is 0 Å². The Labute approximate surface area is 142 Å². The normalized spacial score (nSPS) is 11.1. The molecule has 0 aliphatic heterocycles. The first-order valence-electron chi connectivity index (χ1n) is 6.86. The molecule has 0 bridgehead atoms. The van der Waals surface area contributed by atoms with Crippen LogP contribution < -0.4 is 5.43 Å². The van der Waals surface area contributed by atoms with Crippen molar-refractivity contribution in [2.24, 2.45) is 5.10 Å². The van der Waals surface area contributed by atoms with Crippen molar-refractivity contribution < 1.29 is 14.3 Å². The molecule has 23 heavy (non-hydrogen) atoms. The molecule has 0 atom stereocenters. The number of hydrogen-bond acceptors (Lipinski definition) is 5. The summed E-state index contributed by atoms with van der Waals surface area (Å²) >= 11 is 7.37. The number of esters is 1. The molecule has 6 nitrogen and oxygen atoms in total. The number of thioether (sulfide) groups is 1. The van der Waals surface area contributed by atoms with E-state index in [2.05, 4.69) is 15.5 Å². The summed E-state index contributed by atoms with van der Waals surface area (Å²) in [6.45, 7) is 1.99. The number of halogens is 1. The Hall–Kier alpha value is -1.99. The lowest BCUT2D eigenvalue weighted by Crippen LogP contribution is -2.19. The van der Waals surface area contributed by atoms with E-state index in [1.165, 1.54) is 18.0 Å². The van der Waals surface area contributed by atoms with Gasteiger partial charge in [0, 0.05) is 21.5 Å². The summed E-state index contributed by atoms with van der Waals surface area (Å²) in [5, 5.41) is 5.22. The fraction of sp³-hybridized carbons (Fsp3) is 0.267. The number of H-pyrrole nitrogens is 1. The number of hydrazone groups is 1. The van der Waals surface area contributed by atoms with Gasteiger partial charge in [0.05, 0.1) is 18.6 Å². The van der Waals surface area contributed by atoms with Crippen LogP contribution in [0.1, 0.15) is 23.0 Å². The quantitative estimate of drug-likeness (QED) is 0.475. The van der Waals surface area contributed by atoms with Gasteiger partial charge >= 0.3 is 5.97 Å². The molecule has 2 N–H and O–H groups in total. The van der Waals surface area contributed by atoms with Crippen LogP contribution in [-0.2, 0) is 9.53 Å². The number of carbonyl (C=O) groups is 2. The van der Waals surface area contributed by atoms with Gasteiger partial charge in [-0.2, -0.15) is 16.9 Å². The summed E-state index contributed by atoms with van der Waals surface area (Å²) in [4.78, 5) is 26.5. The maximum Gasteiger partial charge on any atom is 0.355 e. The van der Waals surface area contributed by atoms with Gasteiger partial charge in [-0.3, -0.25) is 4.79 Å². The van der Waals surface area contributed by atoms with Crippen molar-refractivity contribution in [1.82, 2.24) is 10.4 Å². The fourth-order valence-corrected chi connectivity index (χ4v) is 2.52. The van der Waals surface area contributed by atoms with Gasteiger partial charge in [0.15, 0.2) is 0 Å². The molecule has 1 amide bonds. The second-order valence-electron chi connectivity index (χ2n) is 4.55. The van der Waals surface area contributed by atoms with Gasteiger partial charge < -0.3 is 9.72 Å². The molecule has 0 saturated carbocycles. The topological polar surface area (TPSA) is 83.6 Å². The highest BCUT2D eigenvalue weighted by Gasteiger charge is 2.18. The smallest absolute Gasteiger partial charge is 0.355 e. The Bertz CT molecular complexity index is 758. The molecule has 1 aromatic heterocycles. The lowest BCUT2D eigenvalue weighted by Gasteiger charge is -2.01. The van der Waals surface area contributed by atoms with E-state index < -0.39 is 5.97 Å². The number of hydrogen-bond donors (Lipinski definition) is 2. The molecular formula is C15H16ClN3O3S. The Morgan fingerprint density at radius 1 is 1.48 bits per heavy atom. The van der Waals surface area contributed by atoms with Crippen molar-refractivity contribution in [2.45, 2.75) is 6.92 Å². The maximum atomic E-state index is 12.1. The lowest BCUT2D eigenvalue weighted by molar-refractivity contribution is -0.118. The average Bonchev–Trinajstić information content (AvgIpc) is 2.86. The number of rotatable bonds is 6. The molecule has 0 unspecified atom stereocenters. The van der Waals surface area contributed by atoms with Crippen LogP contribution in [0, 0.1) is 0 Å².